The maximum Gasteiger partial charge on any atom is 0.262 e. The highest BCUT2D eigenvalue weighted by Gasteiger charge is 2.27. The average Bonchev–Trinajstić information content (AvgIpc) is 3.28. The first-order valence-corrected chi connectivity index (χ1v) is 9.74. The number of nitrogens with zero attached hydrogens (tertiary/aromatic N) is 3. The van der Waals surface area contributed by atoms with E-state index in [9.17, 15) is 14.9 Å². The molecule has 1 aromatic carbocycles. The van der Waals surface area contributed by atoms with Crippen molar-refractivity contribution in [2.75, 3.05) is 26.7 Å². The van der Waals surface area contributed by atoms with Gasteiger partial charge in [-0.1, -0.05) is 11.6 Å². The average molecular weight is 408 g/mol. The number of hydrogen-bond acceptors (Lipinski definition) is 6. The van der Waals surface area contributed by atoms with Gasteiger partial charge in [-0.3, -0.25) is 9.59 Å². The summed E-state index contributed by atoms with van der Waals surface area (Å²) in [7, 11) is 1.55. The number of amides is 2. The number of aryl methyl sites for hydroxylation is 1. The van der Waals surface area contributed by atoms with Gasteiger partial charge in [-0.25, -0.2) is 4.98 Å². The Balaban J connectivity index is 1.61. The van der Waals surface area contributed by atoms with Gasteiger partial charge in [0.15, 0.2) is 6.39 Å². The quantitative estimate of drug-likeness (QED) is 0.581. The Labute approximate surface area is 175 Å². The van der Waals surface area contributed by atoms with Crippen LogP contribution in [0.4, 0.5) is 0 Å². The molecule has 8 heteroatoms. The number of nitriles is 1. The normalized spacial score (nSPS) is 16.6. The summed E-state index contributed by atoms with van der Waals surface area (Å²) in [6, 6.07) is 7.42. The van der Waals surface area contributed by atoms with Gasteiger partial charge in [0.05, 0.1) is 12.7 Å². The zero-order valence-corrected chi connectivity index (χ0v) is 17.1. The summed E-state index contributed by atoms with van der Waals surface area (Å²) < 4.78 is 10.2. The van der Waals surface area contributed by atoms with E-state index in [-0.39, 0.29) is 17.4 Å². The molecule has 1 unspecified atom stereocenters. The number of likely N-dealkylation sites (tertiary alicyclic amines) is 1. The number of rotatable bonds is 6. The second-order valence-electron chi connectivity index (χ2n) is 7.26. The number of carbonyl (C=O) groups excluding carboxylic acids is 2. The third-order valence-electron chi connectivity index (χ3n) is 5.05. The van der Waals surface area contributed by atoms with Gasteiger partial charge in [0.2, 0.25) is 0 Å². The molecule has 3 rings (SSSR count). The third kappa shape index (κ3) is 5.06. The molecule has 2 heterocycles. The number of methoxy groups -OCH3 is 1. The molecule has 30 heavy (non-hydrogen) atoms. The zero-order valence-electron chi connectivity index (χ0n) is 17.1. The Morgan fingerprint density at radius 3 is 3.00 bits per heavy atom. The minimum absolute atomic E-state index is 0.0443. The molecule has 1 N–H and O–H groups in total. The smallest absolute Gasteiger partial charge is 0.262 e. The molecule has 8 nitrogen and oxygen atoms in total. The monoisotopic (exact) mass is 408 g/mol. The van der Waals surface area contributed by atoms with Crippen LogP contribution in [0.25, 0.3) is 6.08 Å². The summed E-state index contributed by atoms with van der Waals surface area (Å²) in [5.41, 5.74) is 1.90. The second-order valence-corrected chi connectivity index (χ2v) is 7.26. The topological polar surface area (TPSA) is 108 Å². The van der Waals surface area contributed by atoms with Crippen molar-refractivity contribution in [3.05, 3.63) is 53.2 Å². The molecule has 1 aliphatic rings. The van der Waals surface area contributed by atoms with E-state index >= 15 is 0 Å². The molecule has 0 saturated carbocycles. The number of ether oxygens (including phenoxy) is 1. The van der Waals surface area contributed by atoms with Gasteiger partial charge < -0.3 is 19.4 Å². The zero-order chi connectivity index (χ0) is 21.5. The van der Waals surface area contributed by atoms with Gasteiger partial charge in [-0.15, -0.1) is 0 Å². The number of aromatic nitrogens is 1. The van der Waals surface area contributed by atoms with Crippen molar-refractivity contribution in [1.82, 2.24) is 15.2 Å². The third-order valence-corrected chi connectivity index (χ3v) is 5.05. The molecule has 0 spiro atoms. The van der Waals surface area contributed by atoms with Crippen LogP contribution < -0.4 is 10.1 Å². The van der Waals surface area contributed by atoms with Gasteiger partial charge in [0.25, 0.3) is 11.8 Å². The van der Waals surface area contributed by atoms with Crippen LogP contribution in [0.3, 0.4) is 0 Å². The van der Waals surface area contributed by atoms with Gasteiger partial charge >= 0.3 is 0 Å². The molecule has 0 bridgehead atoms. The van der Waals surface area contributed by atoms with Crippen LogP contribution in [0.5, 0.6) is 5.75 Å². The predicted molar refractivity (Wildman–Crippen MR) is 109 cm³/mol. The molecule has 0 aliphatic carbocycles. The summed E-state index contributed by atoms with van der Waals surface area (Å²) in [4.78, 5) is 31.1. The molecule has 2 aromatic rings. The summed E-state index contributed by atoms with van der Waals surface area (Å²) in [5, 5.41) is 12.0. The minimum Gasteiger partial charge on any atom is -0.496 e. The molecule has 1 aliphatic heterocycles. The summed E-state index contributed by atoms with van der Waals surface area (Å²) in [6.07, 6.45) is 5.70. The molecule has 1 fully saturated rings. The fourth-order valence-corrected chi connectivity index (χ4v) is 3.50. The number of piperidine rings is 1. The lowest BCUT2D eigenvalue weighted by Gasteiger charge is -2.33. The van der Waals surface area contributed by atoms with Crippen molar-refractivity contribution in [2.24, 2.45) is 5.92 Å². The lowest BCUT2D eigenvalue weighted by atomic mass is 9.96. The van der Waals surface area contributed by atoms with Crippen LogP contribution in [0.1, 0.15) is 34.5 Å². The van der Waals surface area contributed by atoms with E-state index in [0.717, 1.165) is 18.4 Å². The number of benzene rings is 1. The van der Waals surface area contributed by atoms with Crippen molar-refractivity contribution < 1.29 is 18.7 Å². The van der Waals surface area contributed by atoms with E-state index in [1.807, 2.05) is 25.1 Å². The highest BCUT2D eigenvalue weighted by molar-refractivity contribution is 6.01. The molecule has 0 radical (unpaired) electrons. The maximum absolute atomic E-state index is 13.0. The van der Waals surface area contributed by atoms with Crippen LogP contribution >= 0.6 is 0 Å². The Hall–Kier alpha value is -3.60. The summed E-state index contributed by atoms with van der Waals surface area (Å²) in [5.74, 6) is 0.117. The molecule has 1 aromatic heterocycles. The first-order valence-electron chi connectivity index (χ1n) is 9.74. The molecular weight excluding hydrogens is 384 g/mol. The van der Waals surface area contributed by atoms with Gasteiger partial charge in [0.1, 0.15) is 29.3 Å². The lowest BCUT2D eigenvalue weighted by Crippen LogP contribution is -2.44. The van der Waals surface area contributed by atoms with Crippen LogP contribution in [0, 0.1) is 24.2 Å². The molecule has 1 atom stereocenters. The Bertz CT molecular complexity index is 976. The Kier molecular flexibility index (Phi) is 6.86. The van der Waals surface area contributed by atoms with Crippen molar-refractivity contribution in [3.8, 4) is 11.8 Å². The van der Waals surface area contributed by atoms with Crippen LogP contribution in [-0.2, 0) is 4.79 Å². The van der Waals surface area contributed by atoms with Crippen molar-refractivity contribution in [3.63, 3.8) is 0 Å². The number of nitrogens with one attached hydrogen (secondary N) is 1. The van der Waals surface area contributed by atoms with E-state index in [2.05, 4.69) is 10.3 Å². The molecule has 1 saturated heterocycles. The first-order chi connectivity index (χ1) is 14.5. The standard InChI is InChI=1S/C22H24N4O4/c1-15-5-6-20(29-2)19(8-15)22(28)26-7-3-4-16(12-26)11-24-21(27)17(10-23)9-18-13-30-14-25-18/h5-6,8-9,13-14,16H,3-4,7,11-12H2,1-2H3,(H,24,27)/b17-9+. The van der Waals surface area contributed by atoms with E-state index in [1.54, 1.807) is 18.1 Å². The fourth-order valence-electron chi connectivity index (χ4n) is 3.50. The number of oxazole rings is 1. The van der Waals surface area contributed by atoms with E-state index in [0.29, 0.717) is 36.6 Å². The number of hydrogen-bond donors (Lipinski definition) is 1. The minimum atomic E-state index is -0.468. The second kappa shape index (κ2) is 9.74. The van der Waals surface area contributed by atoms with Gasteiger partial charge in [0, 0.05) is 19.6 Å². The molecular formula is C22H24N4O4. The Morgan fingerprint density at radius 2 is 2.30 bits per heavy atom. The van der Waals surface area contributed by atoms with E-state index < -0.39 is 5.91 Å². The Morgan fingerprint density at radius 1 is 1.47 bits per heavy atom. The largest absolute Gasteiger partial charge is 0.496 e. The lowest BCUT2D eigenvalue weighted by molar-refractivity contribution is -0.117. The van der Waals surface area contributed by atoms with E-state index in [1.165, 1.54) is 18.7 Å². The highest BCUT2D eigenvalue weighted by atomic mass is 16.5. The van der Waals surface area contributed by atoms with Gasteiger partial charge in [-0.2, -0.15) is 5.26 Å². The maximum atomic E-state index is 13.0. The first kappa shape index (κ1) is 21.1. The molecule has 2 amide bonds. The number of carbonyl (C=O) groups is 2. The van der Waals surface area contributed by atoms with E-state index in [4.69, 9.17) is 9.15 Å². The summed E-state index contributed by atoms with van der Waals surface area (Å²) in [6.45, 7) is 3.51. The SMILES string of the molecule is COc1ccc(C)cc1C(=O)N1CCCC(CNC(=O)/C(C#N)=C/c2cocn2)C1. The van der Waals surface area contributed by atoms with Crippen LogP contribution in [0.2, 0.25) is 0 Å². The van der Waals surface area contributed by atoms with Crippen LogP contribution in [0.15, 0.2) is 40.8 Å². The summed E-state index contributed by atoms with van der Waals surface area (Å²) >= 11 is 0. The van der Waals surface area contributed by atoms with Crippen LogP contribution in [-0.4, -0.2) is 48.4 Å². The van der Waals surface area contributed by atoms with Gasteiger partial charge in [-0.05, 0) is 43.9 Å². The fraction of sp³-hybridized carbons (Fsp3) is 0.364. The van der Waals surface area contributed by atoms with Crippen molar-refractivity contribution in [1.29, 1.82) is 5.26 Å². The van der Waals surface area contributed by atoms with Crippen molar-refractivity contribution in [2.45, 2.75) is 19.8 Å². The highest BCUT2D eigenvalue weighted by Crippen LogP contribution is 2.24. The predicted octanol–water partition coefficient (Wildman–Crippen LogP) is 2.57. The van der Waals surface area contributed by atoms with Crippen molar-refractivity contribution >= 4 is 17.9 Å². The molecule has 156 valence electrons.